The molecule has 6 nitrogen and oxygen atoms in total. The number of rotatable bonds is 10. The van der Waals surface area contributed by atoms with E-state index in [2.05, 4.69) is 10.5 Å². The lowest BCUT2D eigenvalue weighted by Crippen LogP contribution is -2.26. The SMILES string of the molecule is CCCOc1ccc(/C=N/NC(=O)C(OC)c2ccccc2)cc1OCC. The smallest absolute Gasteiger partial charge is 0.273 e. The lowest BCUT2D eigenvalue weighted by atomic mass is 10.1. The highest BCUT2D eigenvalue weighted by Crippen LogP contribution is 2.28. The van der Waals surface area contributed by atoms with Gasteiger partial charge in [-0.3, -0.25) is 4.79 Å². The average Bonchev–Trinajstić information content (AvgIpc) is 2.69. The molecule has 2 aromatic carbocycles. The van der Waals surface area contributed by atoms with Gasteiger partial charge in [0.15, 0.2) is 17.6 Å². The summed E-state index contributed by atoms with van der Waals surface area (Å²) in [5, 5.41) is 4.03. The first kappa shape index (κ1) is 20.5. The molecule has 6 heteroatoms. The van der Waals surface area contributed by atoms with Crippen LogP contribution in [0.4, 0.5) is 0 Å². The van der Waals surface area contributed by atoms with Crippen molar-refractivity contribution in [1.82, 2.24) is 5.43 Å². The van der Waals surface area contributed by atoms with Crippen molar-refractivity contribution in [3.05, 3.63) is 59.7 Å². The van der Waals surface area contributed by atoms with Gasteiger partial charge in [-0.15, -0.1) is 0 Å². The molecule has 0 aliphatic rings. The highest BCUT2D eigenvalue weighted by molar-refractivity contribution is 5.85. The Morgan fingerprint density at radius 2 is 1.89 bits per heavy atom. The molecule has 0 spiro atoms. The molecule has 0 heterocycles. The summed E-state index contributed by atoms with van der Waals surface area (Å²) in [5.41, 5.74) is 4.07. The van der Waals surface area contributed by atoms with Crippen LogP contribution in [0.1, 0.15) is 37.5 Å². The lowest BCUT2D eigenvalue weighted by molar-refractivity contribution is -0.131. The van der Waals surface area contributed by atoms with Crippen LogP contribution in [0, 0.1) is 0 Å². The summed E-state index contributed by atoms with van der Waals surface area (Å²) < 4.78 is 16.6. The molecule has 0 fully saturated rings. The summed E-state index contributed by atoms with van der Waals surface area (Å²) in [5.74, 6) is 1.01. The van der Waals surface area contributed by atoms with Gasteiger partial charge in [-0.05, 0) is 42.7 Å². The van der Waals surface area contributed by atoms with Gasteiger partial charge in [-0.25, -0.2) is 5.43 Å². The van der Waals surface area contributed by atoms with E-state index in [0.29, 0.717) is 24.7 Å². The third-order valence-electron chi connectivity index (χ3n) is 3.69. The summed E-state index contributed by atoms with van der Waals surface area (Å²) in [6.07, 6.45) is 1.76. The van der Waals surface area contributed by atoms with E-state index in [1.165, 1.54) is 7.11 Å². The Balaban J connectivity index is 2.04. The number of ether oxygens (including phenoxy) is 3. The van der Waals surface area contributed by atoms with Crippen LogP contribution in [0.3, 0.4) is 0 Å². The van der Waals surface area contributed by atoms with E-state index in [-0.39, 0.29) is 5.91 Å². The summed E-state index contributed by atoms with van der Waals surface area (Å²) >= 11 is 0. The molecule has 2 rings (SSSR count). The van der Waals surface area contributed by atoms with Crippen molar-refractivity contribution in [2.24, 2.45) is 5.10 Å². The van der Waals surface area contributed by atoms with Crippen molar-refractivity contribution in [1.29, 1.82) is 0 Å². The third kappa shape index (κ3) is 6.11. The van der Waals surface area contributed by atoms with E-state index in [0.717, 1.165) is 17.5 Å². The molecule has 1 N–H and O–H groups in total. The maximum absolute atomic E-state index is 12.3. The minimum atomic E-state index is -0.716. The number of hydrazone groups is 1. The van der Waals surface area contributed by atoms with Crippen molar-refractivity contribution >= 4 is 12.1 Å². The molecule has 2 aromatic rings. The van der Waals surface area contributed by atoms with Gasteiger partial charge >= 0.3 is 0 Å². The number of carbonyl (C=O) groups is 1. The fourth-order valence-electron chi connectivity index (χ4n) is 2.46. The summed E-state index contributed by atoms with van der Waals surface area (Å²) in [6, 6.07) is 14.8. The summed E-state index contributed by atoms with van der Waals surface area (Å²) in [4.78, 5) is 12.3. The van der Waals surface area contributed by atoms with Gasteiger partial charge in [0.2, 0.25) is 0 Å². The third-order valence-corrected chi connectivity index (χ3v) is 3.69. The predicted molar refractivity (Wildman–Crippen MR) is 105 cm³/mol. The first-order valence-corrected chi connectivity index (χ1v) is 8.99. The number of hydrogen-bond donors (Lipinski definition) is 1. The van der Waals surface area contributed by atoms with Crippen molar-refractivity contribution < 1.29 is 19.0 Å². The second kappa shape index (κ2) is 11.0. The molecule has 0 radical (unpaired) electrons. The zero-order valence-corrected chi connectivity index (χ0v) is 16.0. The summed E-state index contributed by atoms with van der Waals surface area (Å²) in [6.45, 7) is 5.12. The Morgan fingerprint density at radius 3 is 2.56 bits per heavy atom. The minimum absolute atomic E-state index is 0.340. The maximum atomic E-state index is 12.3. The van der Waals surface area contributed by atoms with E-state index in [4.69, 9.17) is 14.2 Å². The van der Waals surface area contributed by atoms with E-state index in [1.807, 2.05) is 62.4 Å². The Kier molecular flexibility index (Phi) is 8.32. The van der Waals surface area contributed by atoms with E-state index < -0.39 is 6.10 Å². The zero-order chi connectivity index (χ0) is 19.5. The fourth-order valence-corrected chi connectivity index (χ4v) is 2.46. The second-order valence-electron chi connectivity index (χ2n) is 5.75. The molecule has 144 valence electrons. The Bertz CT molecular complexity index is 747. The Hall–Kier alpha value is -2.86. The standard InChI is InChI=1S/C21H26N2O4/c1-4-13-27-18-12-11-16(14-19(18)26-5-2)15-22-23-21(24)20(25-3)17-9-7-6-8-10-17/h6-12,14-15,20H,4-5,13H2,1-3H3,(H,23,24)/b22-15+. The highest BCUT2D eigenvalue weighted by Gasteiger charge is 2.19. The minimum Gasteiger partial charge on any atom is -0.490 e. The molecule has 1 unspecified atom stereocenters. The van der Waals surface area contributed by atoms with Crippen molar-refractivity contribution in [2.75, 3.05) is 20.3 Å². The normalized spacial score (nSPS) is 12.0. The highest BCUT2D eigenvalue weighted by atomic mass is 16.5. The molecule has 27 heavy (non-hydrogen) atoms. The van der Waals surface area contributed by atoms with Crippen LogP contribution in [0.15, 0.2) is 53.6 Å². The van der Waals surface area contributed by atoms with Crippen LogP contribution in [-0.2, 0) is 9.53 Å². The largest absolute Gasteiger partial charge is 0.490 e. The number of nitrogens with one attached hydrogen (secondary N) is 1. The molecule has 0 saturated carbocycles. The van der Waals surface area contributed by atoms with Gasteiger partial charge in [-0.2, -0.15) is 5.10 Å². The van der Waals surface area contributed by atoms with Crippen LogP contribution >= 0.6 is 0 Å². The molecule has 0 aliphatic heterocycles. The van der Waals surface area contributed by atoms with E-state index in [1.54, 1.807) is 6.21 Å². The topological polar surface area (TPSA) is 69.2 Å². The lowest BCUT2D eigenvalue weighted by Gasteiger charge is -2.13. The Labute approximate surface area is 160 Å². The van der Waals surface area contributed by atoms with Gasteiger partial charge in [-0.1, -0.05) is 37.3 Å². The molecule has 0 bridgehead atoms. The number of carbonyl (C=O) groups excluding carboxylic acids is 1. The number of benzene rings is 2. The monoisotopic (exact) mass is 370 g/mol. The first-order valence-electron chi connectivity index (χ1n) is 8.99. The fraction of sp³-hybridized carbons (Fsp3) is 0.333. The first-order chi connectivity index (χ1) is 13.2. The van der Waals surface area contributed by atoms with Gasteiger partial charge in [0.1, 0.15) is 0 Å². The van der Waals surface area contributed by atoms with Crippen LogP contribution in [-0.4, -0.2) is 32.4 Å². The molecular weight excluding hydrogens is 344 g/mol. The Morgan fingerprint density at radius 1 is 1.11 bits per heavy atom. The van der Waals surface area contributed by atoms with Gasteiger partial charge in [0, 0.05) is 7.11 Å². The van der Waals surface area contributed by atoms with Crippen molar-refractivity contribution in [3.63, 3.8) is 0 Å². The van der Waals surface area contributed by atoms with E-state index >= 15 is 0 Å². The zero-order valence-electron chi connectivity index (χ0n) is 16.0. The molecule has 1 amide bonds. The van der Waals surface area contributed by atoms with Crippen LogP contribution in [0.2, 0.25) is 0 Å². The number of nitrogens with zero attached hydrogens (tertiary/aromatic N) is 1. The quantitative estimate of drug-likeness (QED) is 0.511. The molecule has 1 atom stereocenters. The maximum Gasteiger partial charge on any atom is 0.273 e. The second-order valence-corrected chi connectivity index (χ2v) is 5.75. The van der Waals surface area contributed by atoms with Gasteiger partial charge in [0.05, 0.1) is 19.4 Å². The summed E-state index contributed by atoms with van der Waals surface area (Å²) in [7, 11) is 1.49. The van der Waals surface area contributed by atoms with Crippen LogP contribution < -0.4 is 14.9 Å². The average molecular weight is 370 g/mol. The van der Waals surface area contributed by atoms with Crippen LogP contribution in [0.5, 0.6) is 11.5 Å². The molecule has 0 saturated heterocycles. The van der Waals surface area contributed by atoms with E-state index in [9.17, 15) is 4.79 Å². The predicted octanol–water partition coefficient (Wildman–Crippen LogP) is 3.71. The number of methoxy groups -OCH3 is 1. The van der Waals surface area contributed by atoms with Crippen molar-refractivity contribution in [3.8, 4) is 11.5 Å². The number of hydrogen-bond acceptors (Lipinski definition) is 5. The molecule has 0 aromatic heterocycles. The molecular formula is C21H26N2O4. The number of amides is 1. The van der Waals surface area contributed by atoms with Crippen LogP contribution in [0.25, 0.3) is 0 Å². The van der Waals surface area contributed by atoms with Gasteiger partial charge in [0.25, 0.3) is 5.91 Å². The van der Waals surface area contributed by atoms with Crippen molar-refractivity contribution in [2.45, 2.75) is 26.4 Å². The van der Waals surface area contributed by atoms with Gasteiger partial charge < -0.3 is 14.2 Å². The molecule has 0 aliphatic carbocycles.